The molecule has 2 aliphatic heterocycles. The van der Waals surface area contributed by atoms with E-state index in [1.807, 2.05) is 19.1 Å². The topological polar surface area (TPSA) is 242 Å². The van der Waals surface area contributed by atoms with Crippen molar-refractivity contribution in [2.24, 2.45) is 22.9 Å². The molecule has 1 saturated carbocycles. The van der Waals surface area contributed by atoms with Crippen molar-refractivity contribution in [1.29, 1.82) is 0 Å². The van der Waals surface area contributed by atoms with Crippen LogP contribution < -0.4 is 22.9 Å². The van der Waals surface area contributed by atoms with Gasteiger partial charge in [-0.1, -0.05) is 12.2 Å². The third-order valence-electron chi connectivity index (χ3n) is 6.79. The molecule has 0 aromatic heterocycles. The molecule has 8 unspecified atom stereocenters. The predicted molar refractivity (Wildman–Crippen MR) is 119 cm³/mol. The molecule has 0 amide bonds. The van der Waals surface area contributed by atoms with E-state index in [9.17, 15) is 25.5 Å². The van der Waals surface area contributed by atoms with Crippen molar-refractivity contribution in [2.45, 2.75) is 112 Å². The second-order valence-corrected chi connectivity index (χ2v) is 9.35. The van der Waals surface area contributed by atoms with E-state index in [2.05, 4.69) is 0 Å². The van der Waals surface area contributed by atoms with Gasteiger partial charge >= 0.3 is 0 Å². The summed E-state index contributed by atoms with van der Waals surface area (Å²) >= 11 is 0. The standard InChI is InChI=1S/C21H40N4O9/c1-2-3-4-12-11(27)6-10(24)20(31-12)33-18-8(22)5-9(23)19(17(18)30)34-21-16(29)14(25)15(28)13(7-26)32-21/h2-3,8-21,26-30H,4-7,22-25H2,1H3/b3-2+/t8?,9-,10?,11+,12?,13-,14?,15?,16-,17?,18-,19?,20-,21?/m1/s1. The van der Waals surface area contributed by atoms with Crippen LogP contribution in [0.4, 0.5) is 0 Å². The first-order valence-electron chi connectivity index (χ1n) is 11.7. The van der Waals surface area contributed by atoms with Gasteiger partial charge in [-0.2, -0.15) is 0 Å². The average Bonchev–Trinajstić information content (AvgIpc) is 2.79. The van der Waals surface area contributed by atoms with Gasteiger partial charge in [-0.25, -0.2) is 0 Å². The fourth-order valence-corrected chi connectivity index (χ4v) is 4.70. The van der Waals surface area contributed by atoms with Crippen LogP contribution in [-0.4, -0.2) is 118 Å². The number of aliphatic hydroxyl groups is 5. The number of ether oxygens (including phenoxy) is 4. The molecule has 34 heavy (non-hydrogen) atoms. The van der Waals surface area contributed by atoms with Gasteiger partial charge < -0.3 is 67.4 Å². The normalized spacial score (nSPS) is 50.5. The Hall–Kier alpha value is -0.780. The zero-order valence-corrected chi connectivity index (χ0v) is 19.2. The largest absolute Gasteiger partial charge is 0.394 e. The van der Waals surface area contributed by atoms with Gasteiger partial charge in [-0.05, 0) is 26.2 Å². The maximum absolute atomic E-state index is 11.1. The summed E-state index contributed by atoms with van der Waals surface area (Å²) in [6.07, 6.45) is -6.16. The van der Waals surface area contributed by atoms with Crippen molar-refractivity contribution in [2.75, 3.05) is 6.61 Å². The van der Waals surface area contributed by atoms with Crippen LogP contribution in [0.2, 0.25) is 0 Å². The minimum Gasteiger partial charge on any atom is -0.394 e. The molecule has 3 fully saturated rings. The molecule has 0 bridgehead atoms. The van der Waals surface area contributed by atoms with Crippen molar-refractivity contribution in [3.05, 3.63) is 12.2 Å². The molecule has 1 aliphatic carbocycles. The SMILES string of the molecule is C/C=C/CC1O[C@H](O[C@@H]2C(N)C[C@@H](N)C(OC3O[C@H](CO)C(O)C(N)[C@H]3O)C2O)C(N)C[C@@H]1O. The zero-order chi connectivity index (χ0) is 25.2. The molecule has 3 rings (SSSR count). The highest BCUT2D eigenvalue weighted by molar-refractivity contribution is 5.01. The molecular formula is C21H40N4O9. The molecule has 2 saturated heterocycles. The van der Waals surface area contributed by atoms with E-state index in [0.29, 0.717) is 6.42 Å². The summed E-state index contributed by atoms with van der Waals surface area (Å²) in [5, 5.41) is 51.2. The highest BCUT2D eigenvalue weighted by atomic mass is 16.7. The summed E-state index contributed by atoms with van der Waals surface area (Å²) in [6, 6.07) is -3.20. The average molecular weight is 493 g/mol. The second-order valence-electron chi connectivity index (χ2n) is 9.35. The lowest BCUT2D eigenvalue weighted by atomic mass is 9.84. The van der Waals surface area contributed by atoms with Crippen LogP contribution in [0.15, 0.2) is 12.2 Å². The Morgan fingerprint density at radius 1 is 0.794 bits per heavy atom. The van der Waals surface area contributed by atoms with E-state index in [4.69, 9.17) is 41.9 Å². The first-order valence-corrected chi connectivity index (χ1v) is 11.7. The van der Waals surface area contributed by atoms with Crippen molar-refractivity contribution in [3.63, 3.8) is 0 Å². The van der Waals surface area contributed by atoms with Crippen molar-refractivity contribution in [1.82, 2.24) is 0 Å². The monoisotopic (exact) mass is 492 g/mol. The number of hydrogen-bond acceptors (Lipinski definition) is 13. The molecule has 13 heteroatoms. The number of hydrogen-bond donors (Lipinski definition) is 9. The number of rotatable bonds is 7. The van der Waals surface area contributed by atoms with E-state index >= 15 is 0 Å². The Balaban J connectivity index is 1.70. The summed E-state index contributed by atoms with van der Waals surface area (Å²) in [6.45, 7) is 1.31. The van der Waals surface area contributed by atoms with Gasteiger partial charge in [0.1, 0.15) is 36.6 Å². The number of aliphatic hydroxyl groups excluding tert-OH is 5. The maximum Gasteiger partial charge on any atom is 0.186 e. The van der Waals surface area contributed by atoms with Crippen molar-refractivity contribution in [3.8, 4) is 0 Å². The lowest BCUT2D eigenvalue weighted by molar-refractivity contribution is -0.315. The lowest BCUT2D eigenvalue weighted by Crippen LogP contribution is -2.68. The van der Waals surface area contributed by atoms with Crippen LogP contribution in [0.25, 0.3) is 0 Å². The van der Waals surface area contributed by atoms with Crippen LogP contribution >= 0.6 is 0 Å². The molecule has 0 aromatic carbocycles. The summed E-state index contributed by atoms with van der Waals surface area (Å²) in [5.74, 6) is 0. The minimum atomic E-state index is -1.43. The van der Waals surface area contributed by atoms with Crippen molar-refractivity contribution < 1.29 is 44.5 Å². The Labute approximate surface area is 198 Å². The lowest BCUT2D eigenvalue weighted by Gasteiger charge is -2.47. The Bertz CT molecular complexity index is 674. The smallest absolute Gasteiger partial charge is 0.186 e. The first-order chi connectivity index (χ1) is 16.1. The second kappa shape index (κ2) is 12.0. The van der Waals surface area contributed by atoms with Gasteiger partial charge in [0.25, 0.3) is 0 Å². The van der Waals surface area contributed by atoms with Gasteiger partial charge in [-0.3, -0.25) is 0 Å². The summed E-state index contributed by atoms with van der Waals surface area (Å²) in [7, 11) is 0. The first kappa shape index (κ1) is 27.8. The molecule has 13 nitrogen and oxygen atoms in total. The summed E-state index contributed by atoms with van der Waals surface area (Å²) < 4.78 is 23.1. The molecule has 2 heterocycles. The highest BCUT2D eigenvalue weighted by Crippen LogP contribution is 2.31. The molecule has 13 N–H and O–H groups in total. The van der Waals surface area contributed by atoms with Gasteiger partial charge in [0.05, 0.1) is 30.9 Å². The van der Waals surface area contributed by atoms with Crippen LogP contribution in [0.5, 0.6) is 0 Å². The molecule has 14 atom stereocenters. The van der Waals surface area contributed by atoms with Crippen LogP contribution in [0, 0.1) is 0 Å². The van der Waals surface area contributed by atoms with Gasteiger partial charge in [0.2, 0.25) is 0 Å². The highest BCUT2D eigenvalue weighted by Gasteiger charge is 2.50. The molecule has 0 aromatic rings. The number of allylic oxidation sites excluding steroid dienone is 1. The maximum atomic E-state index is 11.1. The van der Waals surface area contributed by atoms with E-state index in [1.54, 1.807) is 0 Å². The van der Waals surface area contributed by atoms with Crippen LogP contribution in [0.3, 0.4) is 0 Å². The molecule has 0 radical (unpaired) electrons. The quantitative estimate of drug-likeness (QED) is 0.153. The van der Waals surface area contributed by atoms with E-state index in [1.165, 1.54) is 0 Å². The molecule has 0 spiro atoms. The van der Waals surface area contributed by atoms with E-state index in [-0.39, 0.29) is 12.8 Å². The van der Waals surface area contributed by atoms with E-state index in [0.717, 1.165) is 0 Å². The van der Waals surface area contributed by atoms with Gasteiger partial charge in [-0.15, -0.1) is 0 Å². The Morgan fingerprint density at radius 3 is 1.97 bits per heavy atom. The van der Waals surface area contributed by atoms with Crippen LogP contribution in [0.1, 0.15) is 26.2 Å². The third-order valence-corrected chi connectivity index (χ3v) is 6.79. The minimum absolute atomic E-state index is 0.208. The molecular weight excluding hydrogens is 452 g/mol. The summed E-state index contributed by atoms with van der Waals surface area (Å²) in [5.41, 5.74) is 24.4. The predicted octanol–water partition coefficient (Wildman–Crippen LogP) is -4.29. The number of nitrogens with two attached hydrogens (primary N) is 4. The van der Waals surface area contributed by atoms with Gasteiger partial charge in [0.15, 0.2) is 12.6 Å². The van der Waals surface area contributed by atoms with Gasteiger partial charge in [0, 0.05) is 12.1 Å². The molecule has 198 valence electrons. The zero-order valence-electron chi connectivity index (χ0n) is 19.2. The Morgan fingerprint density at radius 2 is 1.38 bits per heavy atom. The van der Waals surface area contributed by atoms with E-state index < -0.39 is 92.2 Å². The Kier molecular flexibility index (Phi) is 9.79. The fraction of sp³-hybridized carbons (Fsp3) is 0.905. The van der Waals surface area contributed by atoms with Crippen molar-refractivity contribution >= 4 is 0 Å². The fourth-order valence-electron chi connectivity index (χ4n) is 4.70. The molecule has 3 aliphatic rings. The summed E-state index contributed by atoms with van der Waals surface area (Å²) in [4.78, 5) is 0. The third kappa shape index (κ3) is 5.95. The van der Waals surface area contributed by atoms with Crippen LogP contribution in [-0.2, 0) is 18.9 Å².